The fourth-order valence-electron chi connectivity index (χ4n) is 3.31. The second kappa shape index (κ2) is 9.54. The molecule has 0 radical (unpaired) electrons. The Morgan fingerprint density at radius 2 is 1.61 bits per heavy atom. The monoisotopic (exact) mass is 465 g/mol. The van der Waals surface area contributed by atoms with Gasteiger partial charge in [-0.3, -0.25) is 15.6 Å². The van der Waals surface area contributed by atoms with Gasteiger partial charge < -0.3 is 0 Å². The van der Waals surface area contributed by atoms with Gasteiger partial charge in [-0.25, -0.2) is 13.1 Å². The summed E-state index contributed by atoms with van der Waals surface area (Å²) in [6.45, 7) is 0.398. The van der Waals surface area contributed by atoms with Crippen molar-refractivity contribution in [1.82, 2.24) is 10.1 Å². The van der Waals surface area contributed by atoms with E-state index in [0.717, 1.165) is 35.8 Å². The molecule has 8 heteroatoms. The molecule has 2 aromatic rings. The van der Waals surface area contributed by atoms with Gasteiger partial charge in [0.2, 0.25) is 15.9 Å². The lowest BCUT2D eigenvalue weighted by Gasteiger charge is -2.28. The number of amides is 1. The maximum atomic E-state index is 12.4. The second-order valence-electron chi connectivity index (χ2n) is 7.00. The standard InChI is InChI=1S/C20H24BrN3O3S/c21-17-10-12-19(13-11-17)28(26,27)22-14-15-6-8-16(9-7-15)20(25)24-23-18-4-2-1-3-5-18/h1-5,10-13,15-16,22-23H,6-9,14H2,(H,24,25). The van der Waals surface area contributed by atoms with E-state index in [2.05, 4.69) is 31.5 Å². The molecular formula is C20H24BrN3O3S. The molecule has 0 unspecified atom stereocenters. The van der Waals surface area contributed by atoms with Crippen molar-refractivity contribution in [2.24, 2.45) is 11.8 Å². The second-order valence-corrected chi connectivity index (χ2v) is 9.69. The quantitative estimate of drug-likeness (QED) is 0.544. The normalized spacial score (nSPS) is 19.8. The lowest BCUT2D eigenvalue weighted by molar-refractivity contribution is -0.125. The van der Waals surface area contributed by atoms with Crippen LogP contribution in [0.25, 0.3) is 0 Å². The molecule has 1 amide bonds. The van der Waals surface area contributed by atoms with E-state index in [1.54, 1.807) is 24.3 Å². The van der Waals surface area contributed by atoms with Crippen molar-refractivity contribution in [3.8, 4) is 0 Å². The summed E-state index contributed by atoms with van der Waals surface area (Å²) in [4.78, 5) is 12.6. The molecule has 0 heterocycles. The minimum Gasteiger partial charge on any atom is -0.299 e. The Morgan fingerprint density at radius 1 is 0.964 bits per heavy atom. The van der Waals surface area contributed by atoms with Crippen molar-refractivity contribution >= 4 is 37.5 Å². The molecule has 28 heavy (non-hydrogen) atoms. The molecule has 0 aliphatic heterocycles. The van der Waals surface area contributed by atoms with Crippen molar-refractivity contribution in [2.75, 3.05) is 12.0 Å². The lowest BCUT2D eigenvalue weighted by Crippen LogP contribution is -2.38. The average molecular weight is 466 g/mol. The largest absolute Gasteiger partial charge is 0.299 e. The van der Waals surface area contributed by atoms with E-state index in [0.29, 0.717) is 6.54 Å². The van der Waals surface area contributed by atoms with Crippen LogP contribution in [-0.4, -0.2) is 20.9 Å². The number of hydrazine groups is 1. The number of benzene rings is 2. The van der Waals surface area contributed by atoms with E-state index in [1.807, 2.05) is 30.3 Å². The third-order valence-corrected chi connectivity index (χ3v) is 6.98. The molecule has 3 rings (SSSR count). The maximum absolute atomic E-state index is 12.4. The summed E-state index contributed by atoms with van der Waals surface area (Å²) in [5.74, 6) is 0.185. The van der Waals surface area contributed by atoms with Gasteiger partial charge in [0.1, 0.15) is 0 Å². The third kappa shape index (κ3) is 5.80. The van der Waals surface area contributed by atoms with E-state index in [4.69, 9.17) is 0 Å². The SMILES string of the molecule is O=C(NNc1ccccc1)C1CCC(CNS(=O)(=O)c2ccc(Br)cc2)CC1. The Balaban J connectivity index is 1.42. The Labute approximate surface area is 174 Å². The van der Waals surface area contributed by atoms with E-state index < -0.39 is 10.0 Å². The number of hydrogen-bond acceptors (Lipinski definition) is 4. The molecular weight excluding hydrogens is 442 g/mol. The third-order valence-electron chi connectivity index (χ3n) is 5.01. The number of carbonyl (C=O) groups excluding carboxylic acids is 1. The molecule has 0 spiro atoms. The highest BCUT2D eigenvalue weighted by atomic mass is 79.9. The minimum atomic E-state index is -3.51. The summed E-state index contributed by atoms with van der Waals surface area (Å²) in [5, 5.41) is 0. The highest BCUT2D eigenvalue weighted by Gasteiger charge is 2.27. The predicted molar refractivity (Wildman–Crippen MR) is 113 cm³/mol. The summed E-state index contributed by atoms with van der Waals surface area (Å²) >= 11 is 3.30. The first kappa shape index (κ1) is 20.8. The van der Waals surface area contributed by atoms with Crippen molar-refractivity contribution in [1.29, 1.82) is 0 Å². The van der Waals surface area contributed by atoms with Gasteiger partial charge in [-0.15, -0.1) is 0 Å². The van der Waals surface area contributed by atoms with E-state index in [-0.39, 0.29) is 22.6 Å². The minimum absolute atomic E-state index is 0.0160. The molecule has 0 aromatic heterocycles. The summed E-state index contributed by atoms with van der Waals surface area (Å²) in [6, 6.07) is 16.1. The summed E-state index contributed by atoms with van der Waals surface area (Å²) < 4.78 is 28.3. The molecule has 1 aliphatic rings. The zero-order chi connectivity index (χ0) is 20.0. The number of halogens is 1. The van der Waals surface area contributed by atoms with Crippen LogP contribution in [0.4, 0.5) is 5.69 Å². The van der Waals surface area contributed by atoms with Gasteiger partial charge in [0.05, 0.1) is 10.6 Å². The number of hydrogen-bond donors (Lipinski definition) is 3. The van der Waals surface area contributed by atoms with E-state index in [1.165, 1.54) is 0 Å². The number of rotatable bonds is 7. The lowest BCUT2D eigenvalue weighted by atomic mass is 9.82. The molecule has 3 N–H and O–H groups in total. The van der Waals surface area contributed by atoms with Crippen LogP contribution in [0, 0.1) is 11.8 Å². The topological polar surface area (TPSA) is 87.3 Å². The van der Waals surface area contributed by atoms with Gasteiger partial charge in [0.25, 0.3) is 0 Å². The first-order chi connectivity index (χ1) is 13.4. The Bertz CT molecular complexity index is 881. The van der Waals surface area contributed by atoms with Crippen molar-refractivity contribution in [2.45, 2.75) is 30.6 Å². The van der Waals surface area contributed by atoms with E-state index >= 15 is 0 Å². The van der Waals surface area contributed by atoms with Crippen molar-refractivity contribution < 1.29 is 13.2 Å². The van der Waals surface area contributed by atoms with Crippen molar-refractivity contribution in [3.05, 3.63) is 59.1 Å². The maximum Gasteiger partial charge on any atom is 0.241 e. The van der Waals surface area contributed by atoms with Gasteiger partial charge in [0, 0.05) is 16.9 Å². The van der Waals surface area contributed by atoms with Gasteiger partial charge in [-0.05, 0) is 68.0 Å². The Kier molecular flexibility index (Phi) is 7.09. The highest BCUT2D eigenvalue weighted by Crippen LogP contribution is 2.29. The van der Waals surface area contributed by atoms with E-state index in [9.17, 15) is 13.2 Å². The van der Waals surface area contributed by atoms with Gasteiger partial charge in [-0.1, -0.05) is 34.1 Å². The fraction of sp³-hybridized carbons (Fsp3) is 0.350. The van der Waals surface area contributed by atoms with Crippen LogP contribution in [0.2, 0.25) is 0 Å². The molecule has 1 fully saturated rings. The van der Waals surface area contributed by atoms with Crippen LogP contribution >= 0.6 is 15.9 Å². The predicted octanol–water partition coefficient (Wildman–Crippen LogP) is 3.68. The molecule has 0 atom stereocenters. The Hall–Kier alpha value is -1.90. The number of nitrogens with one attached hydrogen (secondary N) is 3. The van der Waals surface area contributed by atoms with Crippen LogP contribution in [0.15, 0.2) is 64.0 Å². The van der Waals surface area contributed by atoms with Crippen LogP contribution in [-0.2, 0) is 14.8 Å². The molecule has 0 saturated heterocycles. The fourth-order valence-corrected chi connectivity index (χ4v) is 4.69. The van der Waals surface area contributed by atoms with Gasteiger partial charge >= 0.3 is 0 Å². The highest BCUT2D eigenvalue weighted by molar-refractivity contribution is 9.10. The van der Waals surface area contributed by atoms with Crippen LogP contribution in [0.5, 0.6) is 0 Å². The van der Waals surface area contributed by atoms with Gasteiger partial charge in [-0.2, -0.15) is 0 Å². The van der Waals surface area contributed by atoms with Crippen LogP contribution < -0.4 is 15.6 Å². The first-order valence-corrected chi connectivity index (χ1v) is 11.6. The number of anilines is 1. The Morgan fingerprint density at radius 3 is 2.25 bits per heavy atom. The molecule has 1 aliphatic carbocycles. The number of carbonyl (C=O) groups is 1. The summed E-state index contributed by atoms with van der Waals surface area (Å²) in [6.07, 6.45) is 3.17. The first-order valence-electron chi connectivity index (χ1n) is 9.30. The zero-order valence-electron chi connectivity index (χ0n) is 15.4. The molecule has 0 bridgehead atoms. The van der Waals surface area contributed by atoms with Crippen molar-refractivity contribution in [3.63, 3.8) is 0 Å². The molecule has 2 aromatic carbocycles. The van der Waals surface area contributed by atoms with Gasteiger partial charge in [0.15, 0.2) is 0 Å². The summed E-state index contributed by atoms with van der Waals surface area (Å²) in [7, 11) is -3.51. The number of para-hydroxylation sites is 1. The number of sulfonamides is 1. The van der Waals surface area contributed by atoms with Crippen LogP contribution in [0.3, 0.4) is 0 Å². The molecule has 6 nitrogen and oxygen atoms in total. The molecule has 1 saturated carbocycles. The molecule has 150 valence electrons. The van der Waals surface area contributed by atoms with Crippen LogP contribution in [0.1, 0.15) is 25.7 Å². The summed E-state index contributed by atoms with van der Waals surface area (Å²) in [5.41, 5.74) is 6.53. The smallest absolute Gasteiger partial charge is 0.241 e. The zero-order valence-corrected chi connectivity index (χ0v) is 17.8. The average Bonchev–Trinajstić information content (AvgIpc) is 2.72.